The molecule has 534 valence electrons. The highest BCUT2D eigenvalue weighted by molar-refractivity contribution is 5.80. The van der Waals surface area contributed by atoms with E-state index < -0.39 is 67.4 Å². The van der Waals surface area contributed by atoms with Gasteiger partial charge in [-0.1, -0.05) is 331 Å². The zero-order chi connectivity index (χ0) is 66.7. The van der Waals surface area contributed by atoms with Gasteiger partial charge in [0.15, 0.2) is 12.4 Å². The van der Waals surface area contributed by atoms with Crippen molar-refractivity contribution in [2.75, 3.05) is 13.2 Å². The second kappa shape index (κ2) is 67.8. The van der Waals surface area contributed by atoms with Gasteiger partial charge in [-0.2, -0.15) is 0 Å². The van der Waals surface area contributed by atoms with E-state index in [1.54, 1.807) is 6.08 Å². The SMILES string of the molecule is CCCCC/C=C\C/C=C\C/C=C\CCCCCCCCCCCCCCCC(O)C(=O)NC(COC1OC(CO)C(O)C(O)C1OC(=O)CCCCCCCCCCCCCC/C=C\C/C=C\C/C=C\CCCCC)C(O)/C=C/CCCCCCCCCCCC. The number of aliphatic hydroxyl groups excluding tert-OH is 5. The maximum absolute atomic E-state index is 13.5. The minimum Gasteiger partial charge on any atom is -0.454 e. The predicted molar refractivity (Wildman–Crippen MR) is 389 cm³/mol. The molecule has 0 spiro atoms. The van der Waals surface area contributed by atoms with Crippen LogP contribution in [0.3, 0.4) is 0 Å². The smallest absolute Gasteiger partial charge is 0.306 e. The first-order chi connectivity index (χ1) is 45.2. The molecule has 11 nitrogen and oxygen atoms in total. The number of allylic oxidation sites excluding steroid dienone is 13. The van der Waals surface area contributed by atoms with Gasteiger partial charge in [-0.05, 0) is 103 Å². The summed E-state index contributed by atoms with van der Waals surface area (Å²) in [4.78, 5) is 26.8. The van der Waals surface area contributed by atoms with E-state index in [4.69, 9.17) is 14.2 Å². The molecule has 92 heavy (non-hydrogen) atoms. The number of hydrogen-bond donors (Lipinski definition) is 6. The number of esters is 1. The van der Waals surface area contributed by atoms with Gasteiger partial charge in [-0.25, -0.2) is 0 Å². The zero-order valence-corrected chi connectivity index (χ0v) is 59.7. The summed E-state index contributed by atoms with van der Waals surface area (Å²) in [5.74, 6) is -1.19. The first-order valence-corrected chi connectivity index (χ1v) is 38.9. The molecule has 1 amide bonds. The van der Waals surface area contributed by atoms with Crippen molar-refractivity contribution in [1.82, 2.24) is 5.32 Å². The monoisotopic (exact) mass is 1290 g/mol. The minimum absolute atomic E-state index is 0.120. The van der Waals surface area contributed by atoms with Crippen LogP contribution in [0, 0.1) is 0 Å². The van der Waals surface area contributed by atoms with Gasteiger partial charge in [0, 0.05) is 6.42 Å². The van der Waals surface area contributed by atoms with E-state index in [2.05, 4.69) is 99.0 Å². The summed E-state index contributed by atoms with van der Waals surface area (Å²) in [5, 5.41) is 57.4. The number of ether oxygens (including phenoxy) is 3. The molecule has 0 aliphatic carbocycles. The largest absolute Gasteiger partial charge is 0.454 e. The van der Waals surface area contributed by atoms with Crippen LogP contribution in [-0.2, 0) is 23.8 Å². The molecule has 6 N–H and O–H groups in total. The molecule has 8 unspecified atom stereocenters. The molecule has 0 bridgehead atoms. The van der Waals surface area contributed by atoms with Crippen molar-refractivity contribution in [3.05, 3.63) is 85.1 Å². The summed E-state index contributed by atoms with van der Waals surface area (Å²) in [7, 11) is 0. The third-order valence-corrected chi connectivity index (χ3v) is 18.0. The molecule has 0 aromatic rings. The lowest BCUT2D eigenvalue weighted by Crippen LogP contribution is -2.61. The third-order valence-electron chi connectivity index (χ3n) is 18.0. The van der Waals surface area contributed by atoms with Crippen LogP contribution in [0.2, 0.25) is 0 Å². The van der Waals surface area contributed by atoms with Gasteiger partial charge in [-0.15, -0.1) is 0 Å². The summed E-state index contributed by atoms with van der Waals surface area (Å²) < 4.78 is 17.7. The quantitative estimate of drug-likeness (QED) is 0.0195. The highest BCUT2D eigenvalue weighted by Crippen LogP contribution is 2.26. The Balaban J connectivity index is 2.51. The molecule has 0 radical (unpaired) electrons. The van der Waals surface area contributed by atoms with E-state index in [0.29, 0.717) is 12.8 Å². The lowest BCUT2D eigenvalue weighted by molar-refractivity contribution is -0.305. The molecule has 0 aromatic heterocycles. The van der Waals surface area contributed by atoms with Crippen molar-refractivity contribution >= 4 is 11.9 Å². The van der Waals surface area contributed by atoms with E-state index >= 15 is 0 Å². The Labute approximate surface area is 565 Å². The zero-order valence-electron chi connectivity index (χ0n) is 59.7. The summed E-state index contributed by atoms with van der Waals surface area (Å²) in [5.41, 5.74) is 0. The number of hydrogen-bond acceptors (Lipinski definition) is 10. The maximum Gasteiger partial charge on any atom is 0.306 e. The number of carbonyl (C=O) groups excluding carboxylic acids is 2. The van der Waals surface area contributed by atoms with Gasteiger partial charge in [0.05, 0.1) is 25.4 Å². The van der Waals surface area contributed by atoms with Gasteiger partial charge < -0.3 is 45.1 Å². The Kier molecular flexibility index (Phi) is 64.0. The van der Waals surface area contributed by atoms with Crippen LogP contribution in [0.15, 0.2) is 85.1 Å². The van der Waals surface area contributed by atoms with Gasteiger partial charge in [0.2, 0.25) is 5.91 Å². The standard InChI is InChI=1S/C81H145NO10/c1-4-7-10-13-16-19-22-25-27-29-31-33-35-37-39-40-42-44-46-48-50-53-56-59-62-65-68-74(85)80(89)82-72(73(84)67-64-61-58-55-52-24-21-18-15-12-9-6-3)71-90-81-79(78(88)77(87)75(70-83)91-81)92-76(86)69-66-63-60-57-54-51-49-47-45-43-41-38-36-34-32-30-28-26-23-20-17-14-11-8-5-2/h16-17,19-20,25-28,31-34,64,67,72-75,77-79,81,83-85,87-88H,4-15,18,21-24,29-30,35-63,65-66,68-71H2,1-3H3,(H,82,89)/b19-16-,20-17-,27-25-,28-26-,33-31-,34-32-,67-64+. The molecule has 0 saturated carbocycles. The van der Waals surface area contributed by atoms with Crippen molar-refractivity contribution < 1.29 is 49.3 Å². The number of unbranched alkanes of at least 4 members (excludes halogenated alkanes) is 41. The van der Waals surface area contributed by atoms with Crippen LogP contribution in [0.25, 0.3) is 0 Å². The molecule has 1 heterocycles. The molecule has 1 aliphatic heterocycles. The second-order valence-corrected chi connectivity index (χ2v) is 26.7. The topological polar surface area (TPSA) is 175 Å². The minimum atomic E-state index is -1.62. The van der Waals surface area contributed by atoms with Crippen molar-refractivity contribution in [1.29, 1.82) is 0 Å². The molecular formula is C81H145NO10. The second-order valence-electron chi connectivity index (χ2n) is 26.7. The predicted octanol–water partition coefficient (Wildman–Crippen LogP) is 20.8. The van der Waals surface area contributed by atoms with E-state index in [-0.39, 0.29) is 19.4 Å². The van der Waals surface area contributed by atoms with Crippen molar-refractivity contribution in [2.24, 2.45) is 0 Å². The molecule has 1 saturated heterocycles. The highest BCUT2D eigenvalue weighted by atomic mass is 16.7. The van der Waals surface area contributed by atoms with Crippen LogP contribution < -0.4 is 5.32 Å². The van der Waals surface area contributed by atoms with Crippen molar-refractivity contribution in [2.45, 2.75) is 404 Å². The van der Waals surface area contributed by atoms with Gasteiger partial charge in [0.25, 0.3) is 0 Å². The lowest BCUT2D eigenvalue weighted by Gasteiger charge is -2.41. The van der Waals surface area contributed by atoms with Crippen molar-refractivity contribution in [3.8, 4) is 0 Å². The number of rotatable bonds is 67. The molecule has 8 atom stereocenters. The van der Waals surface area contributed by atoms with Gasteiger partial charge in [-0.3, -0.25) is 9.59 Å². The summed E-state index contributed by atoms with van der Waals surface area (Å²) in [6.07, 6.45) is 80.5. The first kappa shape index (κ1) is 86.9. The fraction of sp³-hybridized carbons (Fsp3) is 0.802. The fourth-order valence-electron chi connectivity index (χ4n) is 11.9. The Morgan fingerprint density at radius 3 is 1.14 bits per heavy atom. The van der Waals surface area contributed by atoms with Crippen LogP contribution in [-0.4, -0.2) is 99.6 Å². The number of amides is 1. The molecular weight excluding hydrogens is 1150 g/mol. The third kappa shape index (κ3) is 54.0. The normalized spacial score (nSPS) is 18.4. The fourth-order valence-corrected chi connectivity index (χ4v) is 11.9. The van der Waals surface area contributed by atoms with E-state index in [1.807, 2.05) is 6.08 Å². The Morgan fingerprint density at radius 1 is 0.424 bits per heavy atom. The summed E-state index contributed by atoms with van der Waals surface area (Å²) >= 11 is 0. The summed E-state index contributed by atoms with van der Waals surface area (Å²) in [6.45, 7) is 5.78. The number of carbonyl (C=O) groups is 2. The average molecular weight is 1290 g/mol. The van der Waals surface area contributed by atoms with Crippen LogP contribution in [0.4, 0.5) is 0 Å². The lowest BCUT2D eigenvalue weighted by atomic mass is 9.99. The van der Waals surface area contributed by atoms with Gasteiger partial charge in [0.1, 0.15) is 24.4 Å². The molecule has 1 fully saturated rings. The Morgan fingerprint density at radius 2 is 0.750 bits per heavy atom. The van der Waals surface area contributed by atoms with Crippen LogP contribution in [0.5, 0.6) is 0 Å². The average Bonchev–Trinajstić information content (AvgIpc) is 0.881. The first-order valence-electron chi connectivity index (χ1n) is 38.9. The summed E-state index contributed by atoms with van der Waals surface area (Å²) in [6, 6.07) is -1.03. The van der Waals surface area contributed by atoms with Gasteiger partial charge >= 0.3 is 5.97 Å². The molecule has 1 rings (SSSR count). The molecule has 1 aliphatic rings. The maximum atomic E-state index is 13.5. The highest BCUT2D eigenvalue weighted by Gasteiger charge is 2.47. The van der Waals surface area contributed by atoms with Crippen molar-refractivity contribution in [3.63, 3.8) is 0 Å². The number of aliphatic hydroxyl groups is 5. The molecule has 0 aromatic carbocycles. The van der Waals surface area contributed by atoms with E-state index in [1.165, 1.54) is 225 Å². The Hall–Kier alpha value is -3.16. The van der Waals surface area contributed by atoms with Crippen LogP contribution in [0.1, 0.15) is 355 Å². The number of nitrogens with one attached hydrogen (secondary N) is 1. The Bertz CT molecular complexity index is 1830. The molecule has 11 heteroatoms. The van der Waals surface area contributed by atoms with E-state index in [0.717, 1.165) is 83.5 Å². The van der Waals surface area contributed by atoms with Crippen LogP contribution >= 0.6 is 0 Å². The van der Waals surface area contributed by atoms with E-state index in [9.17, 15) is 35.1 Å².